The zero-order valence-corrected chi connectivity index (χ0v) is 11.5. The lowest BCUT2D eigenvalue weighted by atomic mass is 10.2. The van der Waals surface area contributed by atoms with E-state index in [9.17, 15) is 4.79 Å². The van der Waals surface area contributed by atoms with Crippen LogP contribution in [0.15, 0.2) is 36.0 Å². The molecule has 5 heteroatoms. The zero-order valence-electron chi connectivity index (χ0n) is 11.5. The molecule has 1 unspecified atom stereocenters. The molecular weight excluding hydrogens is 244 g/mol. The number of rotatable bonds is 7. The van der Waals surface area contributed by atoms with Crippen LogP contribution in [0.25, 0.3) is 0 Å². The molecule has 0 radical (unpaired) electrons. The van der Waals surface area contributed by atoms with Gasteiger partial charge in [-0.25, -0.2) is 4.79 Å². The fraction of sp³-hybridized carbons (Fsp3) is 0.500. The first-order chi connectivity index (χ1) is 9.08. The third-order valence-corrected chi connectivity index (χ3v) is 2.39. The van der Waals surface area contributed by atoms with Gasteiger partial charge in [-0.3, -0.25) is 0 Å². The summed E-state index contributed by atoms with van der Waals surface area (Å²) in [5.74, 6) is 0. The Morgan fingerprint density at radius 3 is 2.89 bits per heavy atom. The molecule has 0 aromatic rings. The van der Waals surface area contributed by atoms with Crippen molar-refractivity contribution in [2.24, 2.45) is 5.73 Å². The smallest absolute Gasteiger partial charge is 0.312 e. The summed E-state index contributed by atoms with van der Waals surface area (Å²) in [6, 6.07) is -0.739. The topological polar surface area (TPSA) is 73.6 Å². The maximum atomic E-state index is 10.8. The predicted molar refractivity (Wildman–Crippen MR) is 74.8 cm³/mol. The molecular formula is C14H22N2O3. The van der Waals surface area contributed by atoms with Gasteiger partial charge in [-0.15, -0.1) is 0 Å². The van der Waals surface area contributed by atoms with Gasteiger partial charge in [0.25, 0.3) is 0 Å². The van der Waals surface area contributed by atoms with Crippen LogP contribution in [0.1, 0.15) is 13.8 Å². The predicted octanol–water partition coefficient (Wildman–Crippen LogP) is 1.52. The fourth-order valence-electron chi connectivity index (χ4n) is 1.59. The Kier molecular flexibility index (Phi) is 6.92. The molecule has 1 aliphatic carbocycles. The van der Waals surface area contributed by atoms with Crippen molar-refractivity contribution in [1.29, 1.82) is 0 Å². The number of amides is 2. The maximum absolute atomic E-state index is 10.8. The fourth-order valence-corrected chi connectivity index (χ4v) is 1.59. The molecule has 0 saturated heterocycles. The van der Waals surface area contributed by atoms with E-state index in [2.05, 4.69) is 5.32 Å². The van der Waals surface area contributed by atoms with Crippen molar-refractivity contribution in [1.82, 2.24) is 5.32 Å². The summed E-state index contributed by atoms with van der Waals surface area (Å²) in [6.45, 7) is 5.59. The molecule has 19 heavy (non-hydrogen) atoms. The highest BCUT2D eigenvalue weighted by Crippen LogP contribution is 2.06. The van der Waals surface area contributed by atoms with Crippen molar-refractivity contribution >= 4 is 6.03 Å². The van der Waals surface area contributed by atoms with Crippen LogP contribution in [0.2, 0.25) is 0 Å². The van der Waals surface area contributed by atoms with E-state index in [1.54, 1.807) is 0 Å². The normalized spacial score (nSPS) is 18.3. The van der Waals surface area contributed by atoms with Gasteiger partial charge in [0.2, 0.25) is 0 Å². The number of hydrogen-bond donors (Lipinski definition) is 2. The van der Waals surface area contributed by atoms with Gasteiger partial charge in [-0.05, 0) is 19.4 Å². The number of nitrogens with one attached hydrogen (secondary N) is 1. The van der Waals surface area contributed by atoms with E-state index in [0.29, 0.717) is 19.8 Å². The van der Waals surface area contributed by atoms with Crippen molar-refractivity contribution < 1.29 is 14.3 Å². The van der Waals surface area contributed by atoms with Crippen LogP contribution < -0.4 is 11.1 Å². The lowest BCUT2D eigenvalue weighted by molar-refractivity contribution is 0.0258. The van der Waals surface area contributed by atoms with Gasteiger partial charge in [0, 0.05) is 0 Å². The molecule has 0 aromatic heterocycles. The molecule has 2 amide bonds. The molecule has 0 fully saturated rings. The first-order valence-electron chi connectivity index (χ1n) is 6.39. The third-order valence-electron chi connectivity index (χ3n) is 2.39. The van der Waals surface area contributed by atoms with Gasteiger partial charge >= 0.3 is 6.03 Å². The quantitative estimate of drug-likeness (QED) is 0.686. The van der Waals surface area contributed by atoms with Gasteiger partial charge in [-0.1, -0.05) is 30.4 Å². The lowest BCUT2D eigenvalue weighted by Gasteiger charge is -2.11. The van der Waals surface area contributed by atoms with Gasteiger partial charge < -0.3 is 20.5 Å². The Morgan fingerprint density at radius 1 is 1.42 bits per heavy atom. The van der Waals surface area contributed by atoms with E-state index >= 15 is 0 Å². The van der Waals surface area contributed by atoms with Crippen molar-refractivity contribution in [3.05, 3.63) is 36.0 Å². The number of carbonyl (C=O) groups is 1. The van der Waals surface area contributed by atoms with Crippen LogP contribution in [0.4, 0.5) is 4.79 Å². The lowest BCUT2D eigenvalue weighted by Crippen LogP contribution is -2.36. The molecule has 5 nitrogen and oxygen atoms in total. The van der Waals surface area contributed by atoms with Gasteiger partial charge in [0.1, 0.15) is 0 Å². The highest BCUT2D eigenvalue weighted by molar-refractivity contribution is 5.72. The molecule has 0 heterocycles. The monoisotopic (exact) mass is 266 g/mol. The molecule has 0 bridgehead atoms. The maximum Gasteiger partial charge on any atom is 0.312 e. The SMILES string of the molecule is CC(C)OCCOCC1=CC(NC(N)=O)C=CC=C1. The Hall–Kier alpha value is -1.59. The Labute approximate surface area is 114 Å². The largest absolute Gasteiger partial charge is 0.376 e. The summed E-state index contributed by atoms with van der Waals surface area (Å²) in [4.78, 5) is 10.8. The number of hydrogen-bond acceptors (Lipinski definition) is 3. The molecule has 0 saturated carbocycles. The van der Waals surface area contributed by atoms with Crippen LogP contribution in [0.5, 0.6) is 0 Å². The van der Waals surface area contributed by atoms with Crippen molar-refractivity contribution in [3.63, 3.8) is 0 Å². The van der Waals surface area contributed by atoms with Gasteiger partial charge in [0.05, 0.1) is 32.0 Å². The summed E-state index contributed by atoms with van der Waals surface area (Å²) in [5, 5.41) is 2.62. The third kappa shape index (κ3) is 7.43. The molecule has 0 aliphatic heterocycles. The second kappa shape index (κ2) is 8.50. The Morgan fingerprint density at radius 2 is 2.21 bits per heavy atom. The van der Waals surface area contributed by atoms with E-state index in [-0.39, 0.29) is 12.1 Å². The Balaban J connectivity index is 2.34. The number of primary amides is 1. The number of carbonyl (C=O) groups excluding carboxylic acids is 1. The molecule has 106 valence electrons. The van der Waals surface area contributed by atoms with Crippen LogP contribution >= 0.6 is 0 Å². The summed E-state index contributed by atoms with van der Waals surface area (Å²) < 4.78 is 10.9. The minimum absolute atomic E-state index is 0.196. The Bertz CT molecular complexity index is 373. The molecule has 1 atom stereocenters. The zero-order chi connectivity index (χ0) is 14.1. The number of ether oxygens (including phenoxy) is 2. The van der Waals surface area contributed by atoms with E-state index < -0.39 is 6.03 Å². The van der Waals surface area contributed by atoms with Crippen molar-refractivity contribution in [3.8, 4) is 0 Å². The standard InChI is InChI=1S/C14H22N2O3/c1-11(2)19-8-7-18-10-12-5-3-4-6-13(9-12)16-14(15)17/h3-6,9,11,13H,7-8,10H2,1-2H3,(H3,15,16,17). The molecule has 0 spiro atoms. The van der Waals surface area contributed by atoms with E-state index in [1.807, 2.05) is 44.2 Å². The summed E-state index contributed by atoms with van der Waals surface area (Å²) >= 11 is 0. The number of allylic oxidation sites excluding steroid dienone is 2. The molecule has 1 aliphatic rings. The summed E-state index contributed by atoms with van der Waals surface area (Å²) in [7, 11) is 0. The highest BCUT2D eigenvalue weighted by atomic mass is 16.5. The second-order valence-corrected chi connectivity index (χ2v) is 4.49. The molecule has 3 N–H and O–H groups in total. The van der Waals surface area contributed by atoms with Gasteiger partial charge in [-0.2, -0.15) is 0 Å². The number of nitrogens with two attached hydrogens (primary N) is 1. The minimum atomic E-state index is -0.543. The molecule has 0 aromatic carbocycles. The first kappa shape index (κ1) is 15.5. The van der Waals surface area contributed by atoms with Crippen LogP contribution in [0.3, 0.4) is 0 Å². The summed E-state index contributed by atoms with van der Waals surface area (Å²) in [5.41, 5.74) is 6.10. The molecule has 1 rings (SSSR count). The van der Waals surface area contributed by atoms with Crippen LogP contribution in [-0.4, -0.2) is 38.0 Å². The van der Waals surface area contributed by atoms with Gasteiger partial charge in [0.15, 0.2) is 0 Å². The number of urea groups is 1. The van der Waals surface area contributed by atoms with E-state index in [0.717, 1.165) is 5.57 Å². The highest BCUT2D eigenvalue weighted by Gasteiger charge is 2.06. The minimum Gasteiger partial charge on any atom is -0.376 e. The van der Waals surface area contributed by atoms with Crippen LogP contribution in [-0.2, 0) is 9.47 Å². The summed E-state index contributed by atoms with van der Waals surface area (Å²) in [6.07, 6.45) is 9.70. The average molecular weight is 266 g/mol. The first-order valence-corrected chi connectivity index (χ1v) is 6.39. The van der Waals surface area contributed by atoms with E-state index in [4.69, 9.17) is 15.2 Å². The van der Waals surface area contributed by atoms with Crippen molar-refractivity contribution in [2.75, 3.05) is 19.8 Å². The second-order valence-electron chi connectivity index (χ2n) is 4.49. The van der Waals surface area contributed by atoms with Crippen LogP contribution in [0, 0.1) is 0 Å². The van der Waals surface area contributed by atoms with E-state index in [1.165, 1.54) is 0 Å². The average Bonchev–Trinajstić information content (AvgIpc) is 2.53. The van der Waals surface area contributed by atoms with Crippen molar-refractivity contribution in [2.45, 2.75) is 26.0 Å².